The zero-order valence-electron chi connectivity index (χ0n) is 22.1. The maximum atomic E-state index is 13.4. The Morgan fingerprint density at radius 3 is 2.03 bits per heavy atom. The quantitative estimate of drug-likeness (QED) is 0.273. The van der Waals surface area contributed by atoms with E-state index in [4.69, 9.17) is 28.4 Å². The highest BCUT2D eigenvalue weighted by molar-refractivity contribution is 6.46. The van der Waals surface area contributed by atoms with Gasteiger partial charge in [0, 0.05) is 6.54 Å². The van der Waals surface area contributed by atoms with E-state index in [9.17, 15) is 14.7 Å². The summed E-state index contributed by atoms with van der Waals surface area (Å²) in [5.74, 6) is -0.259. The molecule has 37 heavy (non-hydrogen) atoms. The van der Waals surface area contributed by atoms with Crippen LogP contribution in [0.3, 0.4) is 0 Å². The van der Waals surface area contributed by atoms with E-state index in [0.717, 1.165) is 0 Å². The number of carbonyl (C=O) groups is 2. The number of Topliss-reactive ketones (excluding diaryl/α,β-unsaturated/α-hetero) is 1. The summed E-state index contributed by atoms with van der Waals surface area (Å²) in [6.07, 6.45) is -0.0718. The van der Waals surface area contributed by atoms with Crippen LogP contribution in [0.25, 0.3) is 5.76 Å². The van der Waals surface area contributed by atoms with Crippen LogP contribution in [0, 0.1) is 0 Å². The Kier molecular flexibility index (Phi) is 8.88. The molecule has 10 nitrogen and oxygen atoms in total. The summed E-state index contributed by atoms with van der Waals surface area (Å²) in [4.78, 5) is 28.0. The van der Waals surface area contributed by atoms with Crippen molar-refractivity contribution >= 4 is 17.4 Å². The van der Waals surface area contributed by atoms with Gasteiger partial charge in [-0.15, -0.1) is 0 Å². The highest BCUT2D eigenvalue weighted by atomic mass is 16.5. The summed E-state index contributed by atoms with van der Waals surface area (Å²) in [5.41, 5.74) is 0.563. The molecule has 1 amide bonds. The number of rotatable bonds is 11. The first-order valence-corrected chi connectivity index (χ1v) is 11.6. The molecule has 1 unspecified atom stereocenters. The molecule has 1 N–H and O–H groups in total. The molecule has 0 bridgehead atoms. The highest BCUT2D eigenvalue weighted by Gasteiger charge is 2.46. The molecule has 1 atom stereocenters. The van der Waals surface area contributed by atoms with Crippen LogP contribution in [0.15, 0.2) is 35.9 Å². The third kappa shape index (κ3) is 5.43. The van der Waals surface area contributed by atoms with E-state index >= 15 is 0 Å². The van der Waals surface area contributed by atoms with Crippen molar-refractivity contribution in [3.63, 3.8) is 0 Å². The van der Waals surface area contributed by atoms with Crippen molar-refractivity contribution in [1.29, 1.82) is 0 Å². The van der Waals surface area contributed by atoms with Crippen LogP contribution in [0.4, 0.5) is 0 Å². The minimum absolute atomic E-state index is 0.0718. The Morgan fingerprint density at radius 1 is 0.892 bits per heavy atom. The first-order chi connectivity index (χ1) is 17.7. The molecule has 10 heteroatoms. The fourth-order valence-corrected chi connectivity index (χ4v) is 4.25. The molecule has 2 aromatic rings. The van der Waals surface area contributed by atoms with Gasteiger partial charge < -0.3 is 38.4 Å². The Hall–Kier alpha value is -3.92. The molecule has 0 radical (unpaired) electrons. The standard InChI is InChI=1S/C27H33NO9/c1-15(2)37-11-10-28-23(16-12-20(34-5)26(36-7)21(13-16)35-6)22(25(30)27(28)31)24(29)18-14-17(32-3)8-9-19(18)33-4/h8-9,12-15,23,29H,10-11H2,1-7H3/b24-22+. The molecule has 0 spiro atoms. The van der Waals surface area contributed by atoms with Gasteiger partial charge in [-0.25, -0.2) is 0 Å². The lowest BCUT2D eigenvalue weighted by Gasteiger charge is -2.27. The van der Waals surface area contributed by atoms with E-state index in [0.29, 0.717) is 34.3 Å². The van der Waals surface area contributed by atoms with Gasteiger partial charge in [-0.2, -0.15) is 0 Å². The van der Waals surface area contributed by atoms with Crippen LogP contribution < -0.4 is 23.7 Å². The van der Waals surface area contributed by atoms with Crippen LogP contribution in [0.1, 0.15) is 31.0 Å². The number of benzene rings is 2. The van der Waals surface area contributed by atoms with Crippen LogP contribution in [-0.2, 0) is 14.3 Å². The number of methoxy groups -OCH3 is 5. The molecule has 1 saturated heterocycles. The molecule has 0 aliphatic carbocycles. The maximum absolute atomic E-state index is 13.4. The third-order valence-electron chi connectivity index (χ3n) is 5.99. The van der Waals surface area contributed by atoms with E-state index in [-0.39, 0.29) is 30.4 Å². The number of ether oxygens (including phenoxy) is 6. The summed E-state index contributed by atoms with van der Waals surface area (Å²) < 4.78 is 32.8. The van der Waals surface area contributed by atoms with Crippen molar-refractivity contribution in [2.45, 2.75) is 26.0 Å². The van der Waals surface area contributed by atoms with Crippen LogP contribution in [0.2, 0.25) is 0 Å². The summed E-state index contributed by atoms with van der Waals surface area (Å²) in [7, 11) is 7.34. The Morgan fingerprint density at radius 2 is 1.51 bits per heavy atom. The molecule has 0 saturated carbocycles. The first kappa shape index (κ1) is 27.7. The van der Waals surface area contributed by atoms with Gasteiger partial charge >= 0.3 is 0 Å². The van der Waals surface area contributed by atoms with E-state index in [1.54, 1.807) is 24.3 Å². The molecular formula is C27H33NO9. The molecule has 1 heterocycles. The van der Waals surface area contributed by atoms with Crippen molar-refractivity contribution in [1.82, 2.24) is 4.90 Å². The van der Waals surface area contributed by atoms with E-state index in [1.165, 1.54) is 46.5 Å². The number of nitrogens with zero attached hydrogens (tertiary/aromatic N) is 1. The normalized spacial score (nSPS) is 16.8. The number of hydrogen-bond acceptors (Lipinski definition) is 9. The summed E-state index contributed by atoms with van der Waals surface area (Å²) >= 11 is 0. The summed E-state index contributed by atoms with van der Waals surface area (Å²) in [6, 6.07) is 7.12. The predicted octanol–water partition coefficient (Wildman–Crippen LogP) is 3.58. The van der Waals surface area contributed by atoms with E-state index in [1.807, 2.05) is 13.8 Å². The lowest BCUT2D eigenvalue weighted by molar-refractivity contribution is -0.140. The zero-order valence-corrected chi connectivity index (χ0v) is 22.1. The van der Waals surface area contributed by atoms with Gasteiger partial charge in [0.05, 0.1) is 65.4 Å². The van der Waals surface area contributed by atoms with Crippen molar-refractivity contribution in [2.24, 2.45) is 0 Å². The van der Waals surface area contributed by atoms with Gasteiger partial charge in [0.1, 0.15) is 17.3 Å². The molecule has 1 aliphatic heterocycles. The second-order valence-corrected chi connectivity index (χ2v) is 8.44. The number of likely N-dealkylation sites (tertiary alicyclic amines) is 1. The van der Waals surface area contributed by atoms with Gasteiger partial charge in [0.2, 0.25) is 5.75 Å². The second kappa shape index (κ2) is 11.9. The minimum atomic E-state index is -0.972. The predicted molar refractivity (Wildman–Crippen MR) is 136 cm³/mol. The topological polar surface area (TPSA) is 113 Å². The Bertz CT molecular complexity index is 1160. The number of carbonyl (C=O) groups excluding carboxylic acids is 2. The fourth-order valence-electron chi connectivity index (χ4n) is 4.25. The van der Waals surface area contributed by atoms with Crippen LogP contribution in [-0.4, -0.2) is 76.5 Å². The lowest BCUT2D eigenvalue weighted by Crippen LogP contribution is -2.33. The van der Waals surface area contributed by atoms with Crippen LogP contribution >= 0.6 is 0 Å². The molecule has 1 fully saturated rings. The van der Waals surface area contributed by atoms with Crippen LogP contribution in [0.5, 0.6) is 28.7 Å². The van der Waals surface area contributed by atoms with Crippen molar-refractivity contribution in [2.75, 3.05) is 48.7 Å². The fraction of sp³-hybridized carbons (Fsp3) is 0.407. The van der Waals surface area contributed by atoms with Crippen molar-refractivity contribution in [3.8, 4) is 28.7 Å². The first-order valence-electron chi connectivity index (χ1n) is 11.6. The van der Waals surface area contributed by atoms with E-state index < -0.39 is 23.5 Å². The lowest BCUT2D eigenvalue weighted by atomic mass is 9.94. The number of ketones is 1. The Balaban J connectivity index is 2.28. The Labute approximate surface area is 216 Å². The average molecular weight is 516 g/mol. The third-order valence-corrected chi connectivity index (χ3v) is 5.99. The maximum Gasteiger partial charge on any atom is 0.295 e. The van der Waals surface area contributed by atoms with Gasteiger partial charge in [-0.1, -0.05) is 0 Å². The molecular weight excluding hydrogens is 482 g/mol. The van der Waals surface area contributed by atoms with Gasteiger partial charge in [0.25, 0.3) is 11.7 Å². The minimum Gasteiger partial charge on any atom is -0.507 e. The molecule has 2 aromatic carbocycles. The van der Waals surface area contributed by atoms with Gasteiger partial charge in [0.15, 0.2) is 11.5 Å². The van der Waals surface area contributed by atoms with Gasteiger partial charge in [-0.05, 0) is 49.7 Å². The molecule has 0 aromatic heterocycles. The smallest absolute Gasteiger partial charge is 0.295 e. The van der Waals surface area contributed by atoms with Crippen molar-refractivity contribution in [3.05, 3.63) is 47.0 Å². The largest absolute Gasteiger partial charge is 0.507 e. The van der Waals surface area contributed by atoms with E-state index in [2.05, 4.69) is 0 Å². The summed E-state index contributed by atoms with van der Waals surface area (Å²) in [6.45, 7) is 4.05. The molecule has 3 rings (SSSR count). The molecule has 200 valence electrons. The SMILES string of the molecule is COc1ccc(OC)c(/C(O)=C2\C(=O)C(=O)N(CCOC(C)C)C2c2cc(OC)c(OC)c(OC)c2)c1. The summed E-state index contributed by atoms with van der Waals surface area (Å²) in [5, 5.41) is 11.5. The number of amides is 1. The molecule has 1 aliphatic rings. The number of aliphatic hydroxyl groups excluding tert-OH is 1. The zero-order chi connectivity index (χ0) is 27.3. The number of aliphatic hydroxyl groups is 1. The average Bonchev–Trinajstić information content (AvgIpc) is 3.16. The number of hydrogen-bond donors (Lipinski definition) is 1. The monoisotopic (exact) mass is 515 g/mol. The highest BCUT2D eigenvalue weighted by Crippen LogP contribution is 2.46. The second-order valence-electron chi connectivity index (χ2n) is 8.44. The van der Waals surface area contributed by atoms with Crippen molar-refractivity contribution < 1.29 is 43.1 Å². The van der Waals surface area contributed by atoms with Gasteiger partial charge in [-0.3, -0.25) is 9.59 Å².